The fraction of sp³-hybridized carbons (Fsp3) is 0.207. The Balaban J connectivity index is 1.42. The smallest absolute Gasteiger partial charge is 0.411 e. The van der Waals surface area contributed by atoms with Crippen molar-refractivity contribution >= 4 is 47.0 Å². The van der Waals surface area contributed by atoms with Gasteiger partial charge in [0.05, 0.1) is 30.2 Å². The number of imidazole rings is 1. The summed E-state index contributed by atoms with van der Waals surface area (Å²) in [7, 11) is 1.27. The first-order chi connectivity index (χ1) is 20.8. The van der Waals surface area contributed by atoms with Gasteiger partial charge in [-0.2, -0.15) is 4.68 Å². The van der Waals surface area contributed by atoms with Crippen LogP contribution in [0.3, 0.4) is 0 Å². The summed E-state index contributed by atoms with van der Waals surface area (Å²) >= 11 is 6.20. The number of anilines is 2. The molecule has 220 valence electrons. The predicted molar refractivity (Wildman–Crippen MR) is 160 cm³/mol. The van der Waals surface area contributed by atoms with Crippen molar-refractivity contribution in [3.8, 4) is 16.9 Å². The minimum atomic E-state index is -0.633. The van der Waals surface area contributed by atoms with Gasteiger partial charge in [-0.05, 0) is 65.2 Å². The number of allylic oxidation sites excluding steroid dienone is 1. The van der Waals surface area contributed by atoms with Crippen molar-refractivity contribution < 1.29 is 19.1 Å². The van der Waals surface area contributed by atoms with E-state index in [0.29, 0.717) is 51.2 Å². The highest BCUT2D eigenvalue weighted by molar-refractivity contribution is 6.30. The monoisotopic (exact) mass is 601 g/mol. The number of nitrogens with one attached hydrogen (secondary N) is 4. The van der Waals surface area contributed by atoms with Crippen molar-refractivity contribution in [1.29, 1.82) is 0 Å². The first kappa shape index (κ1) is 29.2. The average molecular weight is 602 g/mol. The highest BCUT2D eigenvalue weighted by Gasteiger charge is 2.20. The van der Waals surface area contributed by atoms with Gasteiger partial charge in [-0.1, -0.05) is 30.7 Å². The molecule has 4 N–H and O–H groups in total. The number of amides is 3. The third-order valence-electron chi connectivity index (χ3n) is 6.59. The first-order valence-electron chi connectivity index (χ1n) is 13.3. The summed E-state index contributed by atoms with van der Waals surface area (Å²) in [5, 5.41) is 20.3. The number of aromatic amines is 1. The van der Waals surface area contributed by atoms with Crippen molar-refractivity contribution in [2.24, 2.45) is 5.92 Å². The molecule has 0 saturated carbocycles. The van der Waals surface area contributed by atoms with Crippen LogP contribution in [0.4, 0.5) is 16.2 Å². The first-order valence-corrected chi connectivity index (χ1v) is 13.7. The summed E-state index contributed by atoms with van der Waals surface area (Å²) in [6.07, 6.45) is 10.1. The van der Waals surface area contributed by atoms with E-state index in [2.05, 4.69) is 41.2 Å². The number of methoxy groups -OCH3 is 1. The maximum Gasteiger partial charge on any atom is 0.411 e. The zero-order valence-electron chi connectivity index (χ0n) is 23.2. The summed E-state index contributed by atoms with van der Waals surface area (Å²) in [4.78, 5) is 45.6. The highest BCUT2D eigenvalue weighted by Crippen LogP contribution is 2.32. The largest absolute Gasteiger partial charge is 0.453 e. The zero-order valence-corrected chi connectivity index (χ0v) is 24.0. The number of benzene rings is 2. The Hall–Kier alpha value is -5.30. The third-order valence-corrected chi connectivity index (χ3v) is 6.82. The Bertz CT molecular complexity index is 1700. The van der Waals surface area contributed by atoms with E-state index in [0.717, 1.165) is 0 Å². The Morgan fingerprint density at radius 2 is 2.07 bits per heavy atom. The molecule has 2 aromatic heterocycles. The van der Waals surface area contributed by atoms with Crippen LogP contribution in [-0.2, 0) is 14.3 Å². The van der Waals surface area contributed by atoms with Gasteiger partial charge in [0.15, 0.2) is 0 Å². The molecular formula is C29H28ClN9O4. The average Bonchev–Trinajstić information content (AvgIpc) is 3.68. The number of halogens is 1. The van der Waals surface area contributed by atoms with Crippen LogP contribution in [0.15, 0.2) is 67.2 Å². The van der Waals surface area contributed by atoms with Crippen LogP contribution < -0.4 is 16.0 Å². The van der Waals surface area contributed by atoms with E-state index in [-0.39, 0.29) is 24.2 Å². The van der Waals surface area contributed by atoms with Gasteiger partial charge in [0, 0.05) is 40.5 Å². The molecule has 4 aromatic rings. The van der Waals surface area contributed by atoms with Crippen LogP contribution in [0.1, 0.15) is 37.2 Å². The van der Waals surface area contributed by atoms with E-state index in [9.17, 15) is 14.4 Å². The number of tetrazole rings is 1. The summed E-state index contributed by atoms with van der Waals surface area (Å²) in [6, 6.07) is 9.75. The lowest BCUT2D eigenvalue weighted by Crippen LogP contribution is -2.27. The van der Waals surface area contributed by atoms with Crippen molar-refractivity contribution in [3.63, 3.8) is 0 Å². The molecule has 3 heterocycles. The molecule has 3 amide bonds. The zero-order chi connectivity index (χ0) is 30.3. The number of carbonyl (C=O) groups is 3. The second-order valence-corrected chi connectivity index (χ2v) is 10.2. The predicted octanol–water partition coefficient (Wildman–Crippen LogP) is 4.68. The fourth-order valence-corrected chi connectivity index (χ4v) is 4.72. The molecule has 0 aliphatic carbocycles. The van der Waals surface area contributed by atoms with Gasteiger partial charge in [0.2, 0.25) is 11.8 Å². The van der Waals surface area contributed by atoms with E-state index >= 15 is 0 Å². The molecular weight excluding hydrogens is 574 g/mol. The van der Waals surface area contributed by atoms with Crippen LogP contribution in [-0.4, -0.2) is 55.2 Å². The molecule has 5 rings (SSSR count). The number of hydrogen-bond donors (Lipinski definition) is 4. The molecule has 43 heavy (non-hydrogen) atoms. The summed E-state index contributed by atoms with van der Waals surface area (Å²) in [5.74, 6) is -0.0945. The molecule has 0 spiro atoms. The molecule has 1 unspecified atom stereocenters. The molecule has 13 nitrogen and oxygen atoms in total. The van der Waals surface area contributed by atoms with Gasteiger partial charge in [-0.15, -0.1) is 5.10 Å². The standard InChI is InChI=1S/C29H28ClN9O4/c1-17-4-3-5-22(34-26(40)11-6-18-13-19(30)7-10-25(18)39-16-32-37-38-39)28-31-15-24(36-28)21-9-8-20(33-29(42)43-2)14-23(21)35-27(41)12-17/h3-4,6-11,13-17,22H,5,12H2,1-2H3,(H,31,36)(H,33,42)(H,34,40)(H,35,41)/b4-3+,11-6+/t17?,22-/m0/s1. The Labute approximate surface area is 251 Å². The number of hydrogen-bond acceptors (Lipinski definition) is 8. The molecule has 1 aliphatic rings. The maximum atomic E-state index is 13.1. The van der Waals surface area contributed by atoms with Crippen LogP contribution >= 0.6 is 11.6 Å². The van der Waals surface area contributed by atoms with Crippen molar-refractivity contribution in [3.05, 3.63) is 83.6 Å². The topological polar surface area (TPSA) is 169 Å². The molecule has 0 radical (unpaired) electrons. The molecule has 14 heteroatoms. The molecule has 2 bridgehead atoms. The van der Waals surface area contributed by atoms with E-state index < -0.39 is 12.1 Å². The van der Waals surface area contributed by atoms with Gasteiger partial charge in [0.1, 0.15) is 12.2 Å². The number of ether oxygens (including phenoxy) is 1. The lowest BCUT2D eigenvalue weighted by Gasteiger charge is -2.14. The molecule has 0 saturated heterocycles. The molecule has 2 aromatic carbocycles. The summed E-state index contributed by atoms with van der Waals surface area (Å²) in [6.45, 7) is 1.93. The highest BCUT2D eigenvalue weighted by atomic mass is 35.5. The normalized spacial score (nSPS) is 17.5. The Morgan fingerprint density at radius 1 is 1.21 bits per heavy atom. The van der Waals surface area contributed by atoms with Crippen molar-refractivity contribution in [1.82, 2.24) is 35.5 Å². The Kier molecular flexibility index (Phi) is 8.91. The van der Waals surface area contributed by atoms with Gasteiger partial charge < -0.3 is 20.4 Å². The maximum absolute atomic E-state index is 13.1. The van der Waals surface area contributed by atoms with E-state index in [1.54, 1.807) is 48.7 Å². The molecule has 0 fully saturated rings. The summed E-state index contributed by atoms with van der Waals surface area (Å²) < 4.78 is 6.16. The number of rotatable bonds is 5. The van der Waals surface area contributed by atoms with E-state index in [4.69, 9.17) is 16.6 Å². The van der Waals surface area contributed by atoms with Crippen molar-refractivity contribution in [2.75, 3.05) is 17.7 Å². The number of fused-ring (bicyclic) bond motifs is 4. The third kappa shape index (κ3) is 7.32. The second kappa shape index (κ2) is 13.1. The minimum Gasteiger partial charge on any atom is -0.453 e. The van der Waals surface area contributed by atoms with Crippen molar-refractivity contribution in [2.45, 2.75) is 25.8 Å². The summed E-state index contributed by atoms with van der Waals surface area (Å²) in [5.41, 5.74) is 3.39. The lowest BCUT2D eigenvalue weighted by atomic mass is 10.0. The van der Waals surface area contributed by atoms with E-state index in [1.807, 2.05) is 19.1 Å². The van der Waals surface area contributed by atoms with Gasteiger partial charge in [-0.3, -0.25) is 14.9 Å². The van der Waals surface area contributed by atoms with E-state index in [1.165, 1.54) is 24.2 Å². The number of H-pyrrole nitrogens is 1. The quantitative estimate of drug-likeness (QED) is 0.189. The van der Waals surface area contributed by atoms with Gasteiger partial charge >= 0.3 is 6.09 Å². The lowest BCUT2D eigenvalue weighted by molar-refractivity contribution is -0.117. The van der Waals surface area contributed by atoms with Crippen LogP contribution in [0.2, 0.25) is 5.02 Å². The number of nitrogens with zero attached hydrogens (tertiary/aromatic N) is 5. The SMILES string of the molecule is COC(=O)Nc1ccc2c(c1)NC(=O)CC(C)/C=C/C[C@H](NC(=O)/C=C/c1cc(Cl)ccc1-n1cnnn1)c1nc-2c[nH]1. The van der Waals surface area contributed by atoms with Gasteiger partial charge in [-0.25, -0.2) is 9.78 Å². The second-order valence-electron chi connectivity index (χ2n) is 9.79. The van der Waals surface area contributed by atoms with Gasteiger partial charge in [0.25, 0.3) is 0 Å². The van der Waals surface area contributed by atoms with Crippen LogP contribution in [0.5, 0.6) is 0 Å². The molecule has 2 atom stereocenters. The fourth-order valence-electron chi connectivity index (χ4n) is 4.54. The van der Waals surface area contributed by atoms with Crippen LogP contribution in [0, 0.1) is 5.92 Å². The molecule has 1 aliphatic heterocycles. The minimum absolute atomic E-state index is 0.0735. The number of aromatic nitrogens is 6. The number of carbonyl (C=O) groups excluding carboxylic acids is 3. The van der Waals surface area contributed by atoms with Crippen LogP contribution in [0.25, 0.3) is 23.0 Å². The Morgan fingerprint density at radius 3 is 2.86 bits per heavy atom.